The Balaban J connectivity index is 1.16. The summed E-state index contributed by atoms with van der Waals surface area (Å²) in [5, 5.41) is 0.711. The Hall–Kier alpha value is -2.88. The van der Waals surface area contributed by atoms with Gasteiger partial charge in [0.05, 0.1) is 28.8 Å². The molecule has 6 rings (SSSR count). The number of hydrogen-bond donors (Lipinski definition) is 0. The predicted octanol–water partition coefficient (Wildman–Crippen LogP) is 3.59. The lowest BCUT2D eigenvalue weighted by molar-refractivity contribution is -0.170. The zero-order chi connectivity index (χ0) is 24.2. The maximum atomic E-state index is 13.4. The van der Waals surface area contributed by atoms with Crippen LogP contribution in [0.15, 0.2) is 59.6 Å². The lowest BCUT2D eigenvalue weighted by Gasteiger charge is -2.46. The molecule has 0 N–H and O–H groups in total. The van der Waals surface area contributed by atoms with Crippen molar-refractivity contribution in [1.29, 1.82) is 0 Å². The number of morpholine rings is 1. The number of hydrogen-bond acceptors (Lipinski definition) is 5. The van der Waals surface area contributed by atoms with Gasteiger partial charge in [-0.25, -0.2) is 12.8 Å². The van der Waals surface area contributed by atoms with Gasteiger partial charge in [-0.1, -0.05) is 24.3 Å². The number of nitrogens with zero attached hydrogens (tertiary/aromatic N) is 3. The Bertz CT molecular complexity index is 1400. The first kappa shape index (κ1) is 22.6. The maximum absolute atomic E-state index is 13.4. The highest BCUT2D eigenvalue weighted by Gasteiger charge is 2.47. The second-order valence-corrected chi connectivity index (χ2v) is 11.7. The van der Waals surface area contributed by atoms with E-state index < -0.39 is 15.6 Å². The fourth-order valence-electron chi connectivity index (χ4n) is 5.14. The highest BCUT2D eigenvalue weighted by atomic mass is 32.2. The van der Waals surface area contributed by atoms with Crippen molar-refractivity contribution in [3.63, 3.8) is 0 Å². The summed E-state index contributed by atoms with van der Waals surface area (Å²) in [6, 6.07) is 14.1. The molecule has 9 heteroatoms. The smallest absolute Gasteiger partial charge is 0.248 e. The first-order valence-corrected chi connectivity index (χ1v) is 13.4. The van der Waals surface area contributed by atoms with E-state index in [-0.39, 0.29) is 23.2 Å². The largest absolute Gasteiger partial charge is 0.363 e. The third-order valence-corrected chi connectivity index (χ3v) is 9.29. The lowest BCUT2D eigenvalue weighted by Crippen LogP contribution is -2.59. The van der Waals surface area contributed by atoms with Crippen LogP contribution in [0.4, 0.5) is 4.39 Å². The molecule has 3 aliphatic rings. The number of rotatable bonds is 4. The molecule has 0 atom stereocenters. The van der Waals surface area contributed by atoms with Gasteiger partial charge in [-0.15, -0.1) is 0 Å². The van der Waals surface area contributed by atoms with Crippen molar-refractivity contribution in [3.8, 4) is 11.1 Å². The van der Waals surface area contributed by atoms with Gasteiger partial charge in [0.1, 0.15) is 12.4 Å². The number of halogens is 1. The van der Waals surface area contributed by atoms with Crippen LogP contribution >= 0.6 is 0 Å². The molecule has 0 bridgehead atoms. The summed E-state index contributed by atoms with van der Waals surface area (Å²) >= 11 is 0. The van der Waals surface area contributed by atoms with Crippen molar-refractivity contribution in [2.45, 2.75) is 42.2 Å². The number of amides is 1. The Morgan fingerprint density at radius 2 is 1.71 bits per heavy atom. The molecule has 35 heavy (non-hydrogen) atoms. The SMILES string of the molecule is O=C1COC2(CCN(S(=O)(=O)c3ccc(-c4ccc5cc(F)cnc5c4)cc3)CC2)CN1C1CC1. The minimum Gasteiger partial charge on any atom is -0.363 e. The molecule has 3 fully saturated rings. The molecule has 3 aromatic rings. The lowest BCUT2D eigenvalue weighted by atomic mass is 9.90. The number of sulfonamides is 1. The Labute approximate surface area is 203 Å². The molecule has 0 unspecified atom stereocenters. The average Bonchev–Trinajstić information content (AvgIpc) is 3.71. The number of fused-ring (bicyclic) bond motifs is 1. The molecule has 1 spiro atoms. The van der Waals surface area contributed by atoms with Gasteiger partial charge >= 0.3 is 0 Å². The van der Waals surface area contributed by atoms with E-state index in [1.807, 2.05) is 17.0 Å². The van der Waals surface area contributed by atoms with Crippen molar-refractivity contribution >= 4 is 26.8 Å². The summed E-state index contributed by atoms with van der Waals surface area (Å²) in [5.41, 5.74) is 1.97. The normalized spacial score (nSPS) is 21.1. The van der Waals surface area contributed by atoms with Crippen LogP contribution in [0.25, 0.3) is 22.0 Å². The molecular formula is C26H26FN3O4S. The highest BCUT2D eigenvalue weighted by Crippen LogP contribution is 2.37. The van der Waals surface area contributed by atoms with Gasteiger partial charge in [-0.2, -0.15) is 4.31 Å². The number of pyridine rings is 1. The number of carbonyl (C=O) groups is 1. The molecule has 7 nitrogen and oxygen atoms in total. The monoisotopic (exact) mass is 495 g/mol. The third-order valence-electron chi connectivity index (χ3n) is 7.38. The van der Waals surface area contributed by atoms with Crippen molar-refractivity contribution < 1.29 is 22.3 Å². The molecule has 3 heterocycles. The first-order chi connectivity index (χ1) is 16.8. The van der Waals surface area contributed by atoms with Crippen LogP contribution in [-0.2, 0) is 19.6 Å². The van der Waals surface area contributed by atoms with Crippen LogP contribution in [0.1, 0.15) is 25.7 Å². The fourth-order valence-corrected chi connectivity index (χ4v) is 6.58. The van der Waals surface area contributed by atoms with E-state index in [1.54, 1.807) is 30.3 Å². The maximum Gasteiger partial charge on any atom is 0.248 e. The number of aromatic nitrogens is 1. The van der Waals surface area contributed by atoms with Gasteiger partial charge < -0.3 is 9.64 Å². The predicted molar refractivity (Wildman–Crippen MR) is 129 cm³/mol. The van der Waals surface area contributed by atoms with Gasteiger partial charge in [0.15, 0.2) is 0 Å². The van der Waals surface area contributed by atoms with Crippen LogP contribution < -0.4 is 0 Å². The summed E-state index contributed by atoms with van der Waals surface area (Å²) in [6.07, 6.45) is 4.43. The van der Waals surface area contributed by atoms with Gasteiger partial charge in [-0.05, 0) is 61.1 Å². The summed E-state index contributed by atoms with van der Waals surface area (Å²) in [4.78, 5) is 18.5. The molecule has 2 aromatic carbocycles. The topological polar surface area (TPSA) is 79.8 Å². The van der Waals surface area contributed by atoms with Crippen LogP contribution in [0, 0.1) is 5.82 Å². The summed E-state index contributed by atoms with van der Waals surface area (Å²) in [6.45, 7) is 1.38. The zero-order valence-corrected chi connectivity index (χ0v) is 20.0. The first-order valence-electron chi connectivity index (χ1n) is 11.9. The van der Waals surface area contributed by atoms with Gasteiger partial charge in [0.2, 0.25) is 15.9 Å². The van der Waals surface area contributed by atoms with E-state index in [1.165, 1.54) is 16.6 Å². The van der Waals surface area contributed by atoms with E-state index in [0.29, 0.717) is 49.4 Å². The van der Waals surface area contributed by atoms with E-state index in [0.717, 1.165) is 24.0 Å². The zero-order valence-electron chi connectivity index (χ0n) is 19.2. The fraction of sp³-hybridized carbons (Fsp3) is 0.385. The molecule has 1 amide bonds. The standard InChI is InChI=1S/C26H26FN3O4S/c27-21-13-20-2-1-19(14-24(20)28-15-21)18-3-7-23(8-4-18)35(32,33)29-11-9-26(10-12-29)17-30(22-5-6-22)25(31)16-34-26/h1-4,7-8,13-15,22H,5-6,9-12,16-17H2. The van der Waals surface area contributed by atoms with Gasteiger partial charge in [0.25, 0.3) is 0 Å². The van der Waals surface area contributed by atoms with Crippen LogP contribution in [0.3, 0.4) is 0 Å². The minimum absolute atomic E-state index is 0.0441. The molecular weight excluding hydrogens is 469 g/mol. The number of benzene rings is 2. The Kier molecular flexibility index (Phi) is 5.39. The second-order valence-electron chi connectivity index (χ2n) is 9.71. The highest BCUT2D eigenvalue weighted by molar-refractivity contribution is 7.89. The van der Waals surface area contributed by atoms with E-state index >= 15 is 0 Å². The molecule has 1 saturated carbocycles. The van der Waals surface area contributed by atoms with E-state index in [2.05, 4.69) is 4.98 Å². The van der Waals surface area contributed by atoms with Crippen LogP contribution in [-0.4, -0.2) is 66.4 Å². The number of ether oxygens (including phenoxy) is 1. The molecule has 1 aromatic heterocycles. The van der Waals surface area contributed by atoms with Crippen molar-refractivity contribution in [2.75, 3.05) is 26.2 Å². The summed E-state index contributed by atoms with van der Waals surface area (Å²) < 4.78 is 47.5. The number of piperidine rings is 1. The quantitative estimate of drug-likeness (QED) is 0.553. The Morgan fingerprint density at radius 1 is 1.00 bits per heavy atom. The summed E-state index contributed by atoms with van der Waals surface area (Å²) in [7, 11) is -3.64. The average molecular weight is 496 g/mol. The number of carbonyl (C=O) groups excluding carboxylic acids is 1. The minimum atomic E-state index is -3.64. The van der Waals surface area contributed by atoms with Gasteiger partial charge in [0, 0.05) is 24.5 Å². The van der Waals surface area contributed by atoms with Crippen molar-refractivity contribution in [1.82, 2.24) is 14.2 Å². The van der Waals surface area contributed by atoms with E-state index in [4.69, 9.17) is 4.74 Å². The molecule has 0 radical (unpaired) electrons. The molecule has 1 aliphatic carbocycles. The van der Waals surface area contributed by atoms with E-state index in [9.17, 15) is 17.6 Å². The van der Waals surface area contributed by atoms with Gasteiger partial charge in [-0.3, -0.25) is 9.78 Å². The molecule has 2 aliphatic heterocycles. The second kappa shape index (κ2) is 8.36. The molecule has 182 valence electrons. The third kappa shape index (κ3) is 4.22. The van der Waals surface area contributed by atoms with Crippen LogP contribution in [0.5, 0.6) is 0 Å². The van der Waals surface area contributed by atoms with Crippen molar-refractivity contribution in [3.05, 3.63) is 60.5 Å². The van der Waals surface area contributed by atoms with Crippen LogP contribution in [0.2, 0.25) is 0 Å². The molecule has 2 saturated heterocycles. The van der Waals surface area contributed by atoms with Crippen molar-refractivity contribution in [2.24, 2.45) is 0 Å². The summed E-state index contributed by atoms with van der Waals surface area (Å²) in [5.74, 6) is -0.338. The Morgan fingerprint density at radius 3 is 2.43 bits per heavy atom.